The van der Waals surface area contributed by atoms with Gasteiger partial charge in [-0.15, -0.1) is 0 Å². The number of fused-ring (bicyclic) bond motifs is 3. The quantitative estimate of drug-likeness (QED) is 0.603. The Morgan fingerprint density at radius 2 is 1.73 bits per heavy atom. The van der Waals surface area contributed by atoms with Gasteiger partial charge in [0.05, 0.1) is 40.0 Å². The van der Waals surface area contributed by atoms with Crippen molar-refractivity contribution in [1.82, 2.24) is 0 Å². The number of cyclic esters (lactones) is 1. The van der Waals surface area contributed by atoms with Gasteiger partial charge in [-0.1, -0.05) is 0 Å². The molecule has 30 heavy (non-hydrogen) atoms. The highest BCUT2D eigenvalue weighted by molar-refractivity contribution is 5.78. The lowest BCUT2D eigenvalue weighted by Crippen LogP contribution is -2.34. The molecule has 5 rings (SSSR count). The van der Waals surface area contributed by atoms with E-state index in [9.17, 15) is 9.90 Å². The maximum atomic E-state index is 12.7. The number of hydrogen-bond donors (Lipinski definition) is 1. The average Bonchev–Trinajstić information content (AvgIpc) is 3.38. The van der Waals surface area contributed by atoms with E-state index in [1.807, 2.05) is 18.2 Å². The summed E-state index contributed by atoms with van der Waals surface area (Å²) in [5.41, 5.74) is 3.22. The molecule has 0 saturated carbocycles. The van der Waals surface area contributed by atoms with Crippen molar-refractivity contribution in [2.75, 3.05) is 27.9 Å². The molecule has 2 heterocycles. The number of methoxy groups -OCH3 is 3. The van der Waals surface area contributed by atoms with Gasteiger partial charge in [0.1, 0.15) is 6.61 Å². The van der Waals surface area contributed by atoms with E-state index in [0.717, 1.165) is 16.7 Å². The zero-order chi connectivity index (χ0) is 21.0. The number of ether oxygens (including phenoxy) is 4. The summed E-state index contributed by atoms with van der Waals surface area (Å²) >= 11 is 0. The summed E-state index contributed by atoms with van der Waals surface area (Å²) in [6, 6.07) is 7.43. The minimum absolute atomic E-state index is 0.166. The maximum Gasteiger partial charge on any atom is 0.310 e. The molecule has 0 unspecified atom stereocenters. The Morgan fingerprint density at radius 3 is 2.40 bits per heavy atom. The van der Waals surface area contributed by atoms with Gasteiger partial charge in [-0.2, -0.15) is 4.89 Å². The van der Waals surface area contributed by atoms with E-state index in [0.29, 0.717) is 35.2 Å². The second-order valence-electron chi connectivity index (χ2n) is 7.64. The topological polar surface area (TPSA) is 92.7 Å². The third kappa shape index (κ3) is 2.64. The lowest BCUT2D eigenvalue weighted by molar-refractivity contribution is -0.194. The molecule has 8 nitrogen and oxygen atoms in total. The predicted molar refractivity (Wildman–Crippen MR) is 103 cm³/mol. The van der Waals surface area contributed by atoms with E-state index in [1.165, 1.54) is 0 Å². The highest BCUT2D eigenvalue weighted by atomic mass is 17.2. The molecule has 3 aliphatic rings. The number of carbonyl (C=O) groups is 1. The molecular formula is C22H22O8. The molecule has 0 spiro atoms. The number of carbonyl (C=O) groups excluding carboxylic acids is 1. The van der Waals surface area contributed by atoms with E-state index < -0.39 is 12.0 Å². The lowest BCUT2D eigenvalue weighted by Gasteiger charge is -2.37. The smallest absolute Gasteiger partial charge is 0.310 e. The summed E-state index contributed by atoms with van der Waals surface area (Å²) in [4.78, 5) is 23.1. The summed E-state index contributed by atoms with van der Waals surface area (Å²) in [5.74, 6) is 0.470. The molecule has 0 amide bonds. The Labute approximate surface area is 173 Å². The van der Waals surface area contributed by atoms with Crippen LogP contribution < -0.4 is 19.1 Å². The molecule has 158 valence electrons. The fourth-order valence-electron chi connectivity index (χ4n) is 4.85. The van der Waals surface area contributed by atoms with Crippen LogP contribution in [0, 0.1) is 11.8 Å². The van der Waals surface area contributed by atoms with Gasteiger partial charge in [0, 0.05) is 17.4 Å². The molecule has 2 aliphatic heterocycles. The lowest BCUT2D eigenvalue weighted by atomic mass is 9.66. The van der Waals surface area contributed by atoms with Gasteiger partial charge in [0.2, 0.25) is 5.75 Å². The largest absolute Gasteiger partial charge is 0.493 e. The maximum absolute atomic E-state index is 12.7. The van der Waals surface area contributed by atoms with E-state index in [-0.39, 0.29) is 24.4 Å². The SMILES string of the molecule is COc1cc([C@@H]2c3cc4c(cc3[C@H](O)[C@@H]3COC(=O)[C@@H]23)OOC4)cc(OC)c1OC. The highest BCUT2D eigenvalue weighted by Gasteiger charge is 2.52. The van der Waals surface area contributed by atoms with Crippen LogP contribution in [0.4, 0.5) is 0 Å². The highest BCUT2D eigenvalue weighted by Crippen LogP contribution is 2.54. The molecule has 8 heteroatoms. The van der Waals surface area contributed by atoms with Gasteiger partial charge in [-0.25, -0.2) is 0 Å². The van der Waals surface area contributed by atoms with Crippen LogP contribution >= 0.6 is 0 Å². The second kappa shape index (κ2) is 7.07. The molecular weight excluding hydrogens is 392 g/mol. The number of rotatable bonds is 4. The monoisotopic (exact) mass is 414 g/mol. The first-order valence-electron chi connectivity index (χ1n) is 9.68. The number of benzene rings is 2. The molecule has 1 saturated heterocycles. The molecule has 4 atom stereocenters. The normalized spacial score (nSPS) is 26.2. The van der Waals surface area contributed by atoms with Crippen LogP contribution in [0.3, 0.4) is 0 Å². The van der Waals surface area contributed by atoms with Crippen LogP contribution in [0.15, 0.2) is 24.3 Å². The number of aliphatic hydroxyl groups is 1. The molecule has 2 aromatic carbocycles. The van der Waals surface area contributed by atoms with Crippen LogP contribution in [-0.4, -0.2) is 39.0 Å². The van der Waals surface area contributed by atoms with Crippen molar-refractivity contribution in [3.8, 4) is 23.0 Å². The Kier molecular flexibility index (Phi) is 4.48. The van der Waals surface area contributed by atoms with Crippen molar-refractivity contribution in [2.24, 2.45) is 11.8 Å². The summed E-state index contributed by atoms with van der Waals surface area (Å²) in [5, 5.41) is 11.0. The molecule has 1 aliphatic carbocycles. The second-order valence-corrected chi connectivity index (χ2v) is 7.64. The Balaban J connectivity index is 1.74. The van der Waals surface area contributed by atoms with Crippen LogP contribution in [0.25, 0.3) is 0 Å². The van der Waals surface area contributed by atoms with E-state index in [4.69, 9.17) is 28.7 Å². The van der Waals surface area contributed by atoms with Crippen LogP contribution in [0.1, 0.15) is 34.3 Å². The van der Waals surface area contributed by atoms with Crippen molar-refractivity contribution in [3.63, 3.8) is 0 Å². The Morgan fingerprint density at radius 1 is 1.00 bits per heavy atom. The van der Waals surface area contributed by atoms with Crippen molar-refractivity contribution in [1.29, 1.82) is 0 Å². The van der Waals surface area contributed by atoms with Crippen molar-refractivity contribution < 1.29 is 38.6 Å². The average molecular weight is 414 g/mol. The predicted octanol–water partition coefficient (Wildman–Crippen LogP) is 2.50. The van der Waals surface area contributed by atoms with Crippen molar-refractivity contribution in [2.45, 2.75) is 18.6 Å². The van der Waals surface area contributed by atoms with E-state index in [1.54, 1.807) is 27.4 Å². The first-order valence-corrected chi connectivity index (χ1v) is 9.68. The molecule has 1 N–H and O–H groups in total. The minimum Gasteiger partial charge on any atom is -0.493 e. The first kappa shape index (κ1) is 19.0. The Hall–Kier alpha value is -2.97. The fourth-order valence-corrected chi connectivity index (χ4v) is 4.85. The standard InChI is InChI=1S/C22H22O8/c1-25-16-5-10(6-17(26-2)21(16)27-3)18-12-4-11-8-29-30-15(11)7-13(12)20(23)14-9-28-22(24)19(14)18/h4-7,14,18-20,23H,8-9H2,1-3H3/t14-,18-,19-,20+/m1/s1. The fraction of sp³-hybridized carbons (Fsp3) is 0.409. The van der Waals surface area contributed by atoms with Crippen LogP contribution in [0.5, 0.6) is 23.0 Å². The van der Waals surface area contributed by atoms with Gasteiger partial charge in [0.15, 0.2) is 17.2 Å². The molecule has 0 radical (unpaired) electrons. The first-order chi connectivity index (χ1) is 14.6. The zero-order valence-electron chi connectivity index (χ0n) is 16.8. The number of aliphatic hydroxyl groups excluding tert-OH is 1. The summed E-state index contributed by atoms with van der Waals surface area (Å²) in [6.45, 7) is 0.471. The molecule has 0 bridgehead atoms. The molecule has 0 aromatic heterocycles. The molecule has 1 fully saturated rings. The Bertz CT molecular complexity index is 991. The van der Waals surface area contributed by atoms with E-state index >= 15 is 0 Å². The third-order valence-corrected chi connectivity index (χ3v) is 6.25. The molecule has 2 aromatic rings. The van der Waals surface area contributed by atoms with Gasteiger partial charge < -0.3 is 28.9 Å². The summed E-state index contributed by atoms with van der Waals surface area (Å²) in [7, 11) is 4.64. The van der Waals surface area contributed by atoms with Crippen LogP contribution in [-0.2, 0) is 21.0 Å². The minimum atomic E-state index is -0.843. The van der Waals surface area contributed by atoms with E-state index in [2.05, 4.69) is 0 Å². The van der Waals surface area contributed by atoms with Gasteiger partial charge in [-0.3, -0.25) is 4.79 Å². The van der Waals surface area contributed by atoms with Crippen LogP contribution in [0.2, 0.25) is 0 Å². The number of esters is 1. The summed E-state index contributed by atoms with van der Waals surface area (Å²) in [6.07, 6.45) is -0.843. The van der Waals surface area contributed by atoms with Gasteiger partial charge in [0.25, 0.3) is 0 Å². The van der Waals surface area contributed by atoms with Crippen molar-refractivity contribution in [3.05, 3.63) is 46.5 Å². The van der Waals surface area contributed by atoms with Crippen molar-refractivity contribution >= 4 is 5.97 Å². The number of hydrogen-bond acceptors (Lipinski definition) is 8. The third-order valence-electron chi connectivity index (χ3n) is 6.25. The summed E-state index contributed by atoms with van der Waals surface area (Å²) < 4.78 is 21.9. The van der Waals surface area contributed by atoms with Gasteiger partial charge >= 0.3 is 5.97 Å². The van der Waals surface area contributed by atoms with Gasteiger partial charge in [-0.05, 0) is 41.0 Å². The zero-order valence-corrected chi connectivity index (χ0v) is 16.8.